The Hall–Kier alpha value is -0.380. The molecule has 2 N–H and O–H groups in total. The summed E-state index contributed by atoms with van der Waals surface area (Å²) < 4.78 is 0. The van der Waals surface area contributed by atoms with E-state index in [0.29, 0.717) is 5.92 Å². The summed E-state index contributed by atoms with van der Waals surface area (Å²) in [5.74, 6) is 0.636. The van der Waals surface area contributed by atoms with Crippen LogP contribution in [0.25, 0.3) is 0 Å². The van der Waals surface area contributed by atoms with Crippen molar-refractivity contribution in [3.05, 3.63) is 12.7 Å². The first-order valence-electron chi connectivity index (χ1n) is 5.93. The van der Waals surface area contributed by atoms with Crippen LogP contribution in [0.15, 0.2) is 12.7 Å². The van der Waals surface area contributed by atoms with Gasteiger partial charge in [0.2, 0.25) is 0 Å². The summed E-state index contributed by atoms with van der Waals surface area (Å²) in [5.41, 5.74) is 0. The van der Waals surface area contributed by atoms with Gasteiger partial charge in [-0.2, -0.15) is 0 Å². The first kappa shape index (κ1) is 12.7. The van der Waals surface area contributed by atoms with Crippen LogP contribution in [0, 0.1) is 5.92 Å². The van der Waals surface area contributed by atoms with Crippen LogP contribution >= 0.6 is 0 Å². The van der Waals surface area contributed by atoms with Crippen molar-refractivity contribution in [2.75, 3.05) is 32.8 Å². The number of aliphatic hydroxyl groups excluding tert-OH is 1. The Bertz CT molecular complexity index is 180. The summed E-state index contributed by atoms with van der Waals surface area (Å²) in [4.78, 5) is 2.24. The molecule has 0 aliphatic heterocycles. The summed E-state index contributed by atoms with van der Waals surface area (Å²) in [6.45, 7) is 9.96. The molecule has 0 bridgehead atoms. The minimum atomic E-state index is 0.233. The molecule has 88 valence electrons. The van der Waals surface area contributed by atoms with Crippen molar-refractivity contribution < 1.29 is 5.11 Å². The fourth-order valence-corrected chi connectivity index (χ4v) is 1.74. The lowest BCUT2D eigenvalue weighted by molar-refractivity contribution is 0.190. The highest BCUT2D eigenvalue weighted by molar-refractivity contribution is 4.82. The standard InChI is InChI=1S/C12H24N2O/c1-3-6-14(7-8-15)10-11(2)9-13-12-4-5-12/h3,11-13,15H,1,4-10H2,2H3. The van der Waals surface area contributed by atoms with E-state index in [-0.39, 0.29) is 6.61 Å². The van der Waals surface area contributed by atoms with Gasteiger partial charge in [-0.15, -0.1) is 6.58 Å². The van der Waals surface area contributed by atoms with E-state index >= 15 is 0 Å². The molecule has 1 rings (SSSR count). The van der Waals surface area contributed by atoms with E-state index in [0.717, 1.165) is 32.2 Å². The molecule has 1 atom stereocenters. The van der Waals surface area contributed by atoms with Crippen LogP contribution in [0.1, 0.15) is 19.8 Å². The van der Waals surface area contributed by atoms with Gasteiger partial charge in [0.15, 0.2) is 0 Å². The summed E-state index contributed by atoms with van der Waals surface area (Å²) >= 11 is 0. The first-order chi connectivity index (χ1) is 7.26. The summed E-state index contributed by atoms with van der Waals surface area (Å²) in [6.07, 6.45) is 4.59. The van der Waals surface area contributed by atoms with Crippen molar-refractivity contribution in [1.29, 1.82) is 0 Å². The molecule has 0 spiro atoms. The number of nitrogens with one attached hydrogen (secondary N) is 1. The Labute approximate surface area is 93.2 Å². The Balaban J connectivity index is 2.12. The topological polar surface area (TPSA) is 35.5 Å². The molecule has 15 heavy (non-hydrogen) atoms. The van der Waals surface area contributed by atoms with Crippen LogP contribution in [0.5, 0.6) is 0 Å². The van der Waals surface area contributed by atoms with E-state index in [2.05, 4.69) is 23.7 Å². The lowest BCUT2D eigenvalue weighted by atomic mass is 10.1. The average Bonchev–Trinajstić information content (AvgIpc) is 2.99. The maximum Gasteiger partial charge on any atom is 0.0558 e. The van der Waals surface area contributed by atoms with Gasteiger partial charge < -0.3 is 10.4 Å². The van der Waals surface area contributed by atoms with Gasteiger partial charge in [0, 0.05) is 25.7 Å². The molecule has 0 amide bonds. The quantitative estimate of drug-likeness (QED) is 0.556. The van der Waals surface area contributed by atoms with Gasteiger partial charge in [-0.3, -0.25) is 4.90 Å². The maximum absolute atomic E-state index is 8.91. The Kier molecular flexibility index (Phi) is 5.91. The highest BCUT2D eigenvalue weighted by Gasteiger charge is 2.21. The predicted molar refractivity (Wildman–Crippen MR) is 63.9 cm³/mol. The van der Waals surface area contributed by atoms with E-state index in [9.17, 15) is 0 Å². The molecule has 1 fully saturated rings. The first-order valence-corrected chi connectivity index (χ1v) is 5.93. The monoisotopic (exact) mass is 212 g/mol. The lowest BCUT2D eigenvalue weighted by Gasteiger charge is -2.23. The van der Waals surface area contributed by atoms with Gasteiger partial charge in [0.25, 0.3) is 0 Å². The smallest absolute Gasteiger partial charge is 0.0558 e. The van der Waals surface area contributed by atoms with Gasteiger partial charge in [0.05, 0.1) is 6.61 Å². The number of hydrogen-bond donors (Lipinski definition) is 2. The van der Waals surface area contributed by atoms with Crippen molar-refractivity contribution in [3.8, 4) is 0 Å². The largest absolute Gasteiger partial charge is 0.395 e. The molecule has 1 unspecified atom stereocenters. The highest BCUT2D eigenvalue weighted by atomic mass is 16.3. The maximum atomic E-state index is 8.91. The molecular weight excluding hydrogens is 188 g/mol. The number of nitrogens with zero attached hydrogens (tertiary/aromatic N) is 1. The van der Waals surface area contributed by atoms with Crippen LogP contribution in [-0.4, -0.2) is 48.8 Å². The third kappa shape index (κ3) is 5.92. The minimum absolute atomic E-state index is 0.233. The van der Waals surface area contributed by atoms with E-state index in [1.807, 2.05) is 6.08 Å². The van der Waals surface area contributed by atoms with Crippen LogP contribution in [0.4, 0.5) is 0 Å². The number of aliphatic hydroxyl groups is 1. The lowest BCUT2D eigenvalue weighted by Crippen LogP contribution is -2.35. The van der Waals surface area contributed by atoms with Crippen LogP contribution in [-0.2, 0) is 0 Å². The SMILES string of the molecule is C=CCN(CCO)CC(C)CNC1CC1. The fourth-order valence-electron chi connectivity index (χ4n) is 1.74. The van der Waals surface area contributed by atoms with E-state index in [1.165, 1.54) is 12.8 Å². The number of rotatable bonds is 9. The third-order valence-corrected chi connectivity index (χ3v) is 2.71. The van der Waals surface area contributed by atoms with Gasteiger partial charge in [-0.25, -0.2) is 0 Å². The second-order valence-corrected chi connectivity index (χ2v) is 4.56. The second-order valence-electron chi connectivity index (χ2n) is 4.56. The molecular formula is C12H24N2O. The van der Waals surface area contributed by atoms with Gasteiger partial charge in [-0.05, 0) is 25.3 Å². The normalized spacial score (nSPS) is 18.1. The van der Waals surface area contributed by atoms with Crippen molar-refractivity contribution in [2.45, 2.75) is 25.8 Å². The zero-order valence-corrected chi connectivity index (χ0v) is 9.78. The minimum Gasteiger partial charge on any atom is -0.395 e. The van der Waals surface area contributed by atoms with Crippen LogP contribution < -0.4 is 5.32 Å². The summed E-state index contributed by atoms with van der Waals surface area (Å²) in [5, 5.41) is 12.4. The predicted octanol–water partition coefficient (Wildman–Crippen LogP) is 0.855. The average molecular weight is 212 g/mol. The van der Waals surface area contributed by atoms with E-state index < -0.39 is 0 Å². The van der Waals surface area contributed by atoms with Gasteiger partial charge in [0.1, 0.15) is 0 Å². The molecule has 0 aromatic heterocycles. The molecule has 0 aromatic carbocycles. The molecule has 0 radical (unpaired) electrons. The molecule has 1 aliphatic carbocycles. The van der Waals surface area contributed by atoms with Crippen LogP contribution in [0.2, 0.25) is 0 Å². The Morgan fingerprint density at radius 1 is 1.60 bits per heavy atom. The molecule has 1 aliphatic rings. The third-order valence-electron chi connectivity index (χ3n) is 2.71. The van der Waals surface area contributed by atoms with Crippen LogP contribution in [0.3, 0.4) is 0 Å². The summed E-state index contributed by atoms with van der Waals surface area (Å²) in [7, 11) is 0. The van der Waals surface area contributed by atoms with Crippen molar-refractivity contribution >= 4 is 0 Å². The number of hydrogen-bond acceptors (Lipinski definition) is 3. The molecule has 0 aromatic rings. The van der Waals surface area contributed by atoms with E-state index in [4.69, 9.17) is 5.11 Å². The van der Waals surface area contributed by atoms with Crippen molar-refractivity contribution in [1.82, 2.24) is 10.2 Å². The fraction of sp³-hybridized carbons (Fsp3) is 0.833. The molecule has 3 nitrogen and oxygen atoms in total. The van der Waals surface area contributed by atoms with Crippen molar-refractivity contribution in [2.24, 2.45) is 5.92 Å². The molecule has 3 heteroatoms. The highest BCUT2D eigenvalue weighted by Crippen LogP contribution is 2.18. The molecule has 1 saturated carbocycles. The van der Waals surface area contributed by atoms with Gasteiger partial charge >= 0.3 is 0 Å². The Morgan fingerprint density at radius 3 is 2.87 bits per heavy atom. The zero-order chi connectivity index (χ0) is 11.1. The molecule has 0 saturated heterocycles. The van der Waals surface area contributed by atoms with E-state index in [1.54, 1.807) is 0 Å². The summed E-state index contributed by atoms with van der Waals surface area (Å²) in [6, 6.07) is 0.790. The van der Waals surface area contributed by atoms with Gasteiger partial charge in [-0.1, -0.05) is 13.0 Å². The molecule has 0 heterocycles. The second kappa shape index (κ2) is 6.99. The van der Waals surface area contributed by atoms with Crippen molar-refractivity contribution in [3.63, 3.8) is 0 Å². The Morgan fingerprint density at radius 2 is 2.33 bits per heavy atom. The zero-order valence-electron chi connectivity index (χ0n) is 9.78.